The molecule has 4 aromatic rings. The number of methoxy groups -OCH3 is 1. The minimum absolute atomic E-state index is 0.00864. The standard InChI is InChI=1S/C24H25ClN4O3S/c1-32-17-10-11-19-18(13-17)21-22(27-19)23(31)29(24(33)28-21)12-4-2-3-5-20(30)26-14-15-6-8-16(25)9-7-15/h6-11,13,27H,2-5,12,14H2,1H3,(H,26,30)(H,28,33). The molecule has 0 radical (unpaired) electrons. The van der Waals surface area contributed by atoms with E-state index in [0.29, 0.717) is 46.1 Å². The van der Waals surface area contributed by atoms with Crippen molar-refractivity contribution < 1.29 is 9.53 Å². The zero-order valence-electron chi connectivity index (χ0n) is 18.2. The highest BCUT2D eigenvalue weighted by atomic mass is 35.5. The number of amides is 1. The van der Waals surface area contributed by atoms with Crippen LogP contribution in [0.2, 0.25) is 5.02 Å². The van der Waals surface area contributed by atoms with Crippen molar-refractivity contribution >= 4 is 51.7 Å². The van der Waals surface area contributed by atoms with Crippen molar-refractivity contribution in [3.63, 3.8) is 0 Å². The molecule has 0 bridgehead atoms. The molecule has 0 aliphatic heterocycles. The van der Waals surface area contributed by atoms with Crippen LogP contribution in [-0.4, -0.2) is 27.6 Å². The largest absolute Gasteiger partial charge is 0.497 e. The van der Waals surface area contributed by atoms with E-state index in [0.717, 1.165) is 35.7 Å². The van der Waals surface area contributed by atoms with Gasteiger partial charge in [0.25, 0.3) is 5.56 Å². The lowest BCUT2D eigenvalue weighted by molar-refractivity contribution is -0.121. The molecule has 3 N–H and O–H groups in total. The van der Waals surface area contributed by atoms with Crippen molar-refractivity contribution in [3.8, 4) is 5.75 Å². The van der Waals surface area contributed by atoms with Gasteiger partial charge in [0.05, 0.1) is 12.6 Å². The normalized spacial score (nSPS) is 11.2. The number of H-pyrrole nitrogens is 2. The van der Waals surface area contributed by atoms with E-state index in [4.69, 9.17) is 28.6 Å². The van der Waals surface area contributed by atoms with Gasteiger partial charge in [0.2, 0.25) is 5.91 Å². The fourth-order valence-corrected chi connectivity index (χ4v) is 4.22. The van der Waals surface area contributed by atoms with Gasteiger partial charge in [-0.1, -0.05) is 30.2 Å². The quantitative estimate of drug-likeness (QED) is 0.228. The molecule has 2 aromatic heterocycles. The van der Waals surface area contributed by atoms with Gasteiger partial charge in [-0.25, -0.2) is 0 Å². The lowest BCUT2D eigenvalue weighted by atomic mass is 10.1. The van der Waals surface area contributed by atoms with Gasteiger partial charge in [-0.2, -0.15) is 0 Å². The van der Waals surface area contributed by atoms with Crippen molar-refractivity contribution in [2.45, 2.75) is 38.8 Å². The Balaban J connectivity index is 1.32. The first-order valence-corrected chi connectivity index (χ1v) is 11.6. The van der Waals surface area contributed by atoms with Gasteiger partial charge in [0.1, 0.15) is 11.3 Å². The van der Waals surface area contributed by atoms with Gasteiger partial charge < -0.3 is 20.0 Å². The van der Waals surface area contributed by atoms with Crippen LogP contribution in [0.4, 0.5) is 0 Å². The Hall–Kier alpha value is -3.10. The highest BCUT2D eigenvalue weighted by molar-refractivity contribution is 7.71. The van der Waals surface area contributed by atoms with Crippen LogP contribution in [0.25, 0.3) is 21.9 Å². The number of unbranched alkanes of at least 4 members (excludes halogenated alkanes) is 2. The van der Waals surface area contributed by atoms with Gasteiger partial charge in [0.15, 0.2) is 4.77 Å². The lowest BCUT2D eigenvalue weighted by Gasteiger charge is -2.07. The highest BCUT2D eigenvalue weighted by Crippen LogP contribution is 2.25. The number of carbonyl (C=O) groups excluding carboxylic acids is 1. The molecule has 172 valence electrons. The van der Waals surface area contributed by atoms with Gasteiger partial charge >= 0.3 is 0 Å². The molecule has 7 nitrogen and oxygen atoms in total. The van der Waals surface area contributed by atoms with Gasteiger partial charge in [-0.05, 0) is 61.0 Å². The predicted octanol–water partition coefficient (Wildman–Crippen LogP) is 5.08. The molecule has 0 atom stereocenters. The average Bonchev–Trinajstić information content (AvgIpc) is 3.18. The molecule has 0 saturated carbocycles. The van der Waals surface area contributed by atoms with E-state index in [1.54, 1.807) is 23.8 Å². The molecule has 1 amide bonds. The third-order valence-electron chi connectivity index (χ3n) is 5.63. The minimum Gasteiger partial charge on any atom is -0.497 e. The van der Waals surface area contributed by atoms with E-state index in [2.05, 4.69) is 15.3 Å². The fraction of sp³-hybridized carbons (Fsp3) is 0.292. The maximum absolute atomic E-state index is 13.0. The molecule has 9 heteroatoms. The molecule has 0 unspecified atom stereocenters. The molecule has 2 heterocycles. The van der Waals surface area contributed by atoms with Crippen molar-refractivity contribution in [2.24, 2.45) is 0 Å². The third kappa shape index (κ3) is 5.29. The summed E-state index contributed by atoms with van der Waals surface area (Å²) in [5, 5.41) is 4.45. The predicted molar refractivity (Wildman–Crippen MR) is 134 cm³/mol. The summed E-state index contributed by atoms with van der Waals surface area (Å²) in [6.45, 7) is 0.978. The number of nitrogens with zero attached hydrogens (tertiary/aromatic N) is 1. The molecular formula is C24H25ClN4O3S. The van der Waals surface area contributed by atoms with Crippen LogP contribution in [-0.2, 0) is 17.9 Å². The number of benzene rings is 2. The SMILES string of the molecule is COc1ccc2[nH]c3c(=O)n(CCCCCC(=O)NCc4ccc(Cl)cc4)c(=S)[nH]c3c2c1. The summed E-state index contributed by atoms with van der Waals surface area (Å²) in [7, 11) is 1.61. The van der Waals surface area contributed by atoms with Crippen molar-refractivity contribution in [2.75, 3.05) is 7.11 Å². The van der Waals surface area contributed by atoms with Crippen LogP contribution in [0.1, 0.15) is 31.2 Å². The number of ether oxygens (including phenoxy) is 1. The van der Waals surface area contributed by atoms with E-state index < -0.39 is 0 Å². The maximum Gasteiger partial charge on any atom is 0.278 e. The van der Waals surface area contributed by atoms with E-state index >= 15 is 0 Å². The second-order valence-corrected chi connectivity index (χ2v) is 8.71. The average molecular weight is 485 g/mol. The van der Waals surface area contributed by atoms with Crippen molar-refractivity contribution in [3.05, 3.63) is 68.2 Å². The summed E-state index contributed by atoms with van der Waals surface area (Å²) in [6, 6.07) is 13.0. The molecule has 0 saturated heterocycles. The molecule has 4 rings (SSSR count). The van der Waals surface area contributed by atoms with Crippen LogP contribution in [0.15, 0.2) is 47.3 Å². The number of halogens is 1. The number of nitrogens with one attached hydrogen (secondary N) is 3. The number of fused-ring (bicyclic) bond motifs is 3. The molecule has 0 spiro atoms. The van der Waals surface area contributed by atoms with Gasteiger partial charge in [0, 0.05) is 35.4 Å². The molecule has 0 fully saturated rings. The first-order chi connectivity index (χ1) is 16.0. The number of hydrogen-bond acceptors (Lipinski definition) is 4. The molecule has 2 aromatic carbocycles. The van der Waals surface area contributed by atoms with E-state index in [9.17, 15) is 9.59 Å². The van der Waals surface area contributed by atoms with Crippen LogP contribution in [0.3, 0.4) is 0 Å². The summed E-state index contributed by atoms with van der Waals surface area (Å²) in [6.07, 6.45) is 2.75. The fourth-order valence-electron chi connectivity index (χ4n) is 3.82. The molecular weight excluding hydrogens is 460 g/mol. The maximum atomic E-state index is 13.0. The summed E-state index contributed by atoms with van der Waals surface area (Å²) in [4.78, 5) is 31.5. The van der Waals surface area contributed by atoms with E-state index in [1.165, 1.54) is 0 Å². The Labute approximate surface area is 200 Å². The van der Waals surface area contributed by atoms with Crippen LogP contribution < -0.4 is 15.6 Å². The first kappa shape index (κ1) is 23.1. The van der Waals surface area contributed by atoms with Gasteiger partial charge in [-0.3, -0.25) is 14.2 Å². The van der Waals surface area contributed by atoms with E-state index in [1.807, 2.05) is 30.3 Å². The molecule has 0 aliphatic carbocycles. The minimum atomic E-state index is -0.148. The Morgan fingerprint density at radius 1 is 1.09 bits per heavy atom. The summed E-state index contributed by atoms with van der Waals surface area (Å²) < 4.78 is 7.25. The van der Waals surface area contributed by atoms with Crippen LogP contribution in [0, 0.1) is 4.77 Å². The molecule has 33 heavy (non-hydrogen) atoms. The zero-order chi connectivity index (χ0) is 23.4. The first-order valence-electron chi connectivity index (χ1n) is 10.8. The summed E-state index contributed by atoms with van der Waals surface area (Å²) >= 11 is 11.3. The monoisotopic (exact) mass is 484 g/mol. The van der Waals surface area contributed by atoms with Crippen LogP contribution in [0.5, 0.6) is 5.75 Å². The number of aromatic nitrogens is 3. The number of rotatable bonds is 9. The summed E-state index contributed by atoms with van der Waals surface area (Å²) in [5.74, 6) is 0.721. The second-order valence-electron chi connectivity index (χ2n) is 7.89. The molecule has 0 aliphatic rings. The number of carbonyl (C=O) groups is 1. The van der Waals surface area contributed by atoms with Crippen molar-refractivity contribution in [1.82, 2.24) is 19.9 Å². The number of aromatic amines is 2. The highest BCUT2D eigenvalue weighted by Gasteiger charge is 2.12. The van der Waals surface area contributed by atoms with E-state index in [-0.39, 0.29) is 11.5 Å². The van der Waals surface area contributed by atoms with Crippen LogP contribution >= 0.6 is 23.8 Å². The number of hydrogen-bond donors (Lipinski definition) is 3. The second kappa shape index (κ2) is 10.2. The lowest BCUT2D eigenvalue weighted by Crippen LogP contribution is -2.23. The Bertz CT molecular complexity index is 1410. The third-order valence-corrected chi connectivity index (χ3v) is 6.20. The van der Waals surface area contributed by atoms with Gasteiger partial charge in [-0.15, -0.1) is 0 Å². The Morgan fingerprint density at radius 2 is 1.88 bits per heavy atom. The topological polar surface area (TPSA) is 91.9 Å². The Kier molecular flexibility index (Phi) is 7.15. The smallest absolute Gasteiger partial charge is 0.278 e. The Morgan fingerprint density at radius 3 is 2.64 bits per heavy atom. The summed E-state index contributed by atoms with van der Waals surface area (Å²) in [5.41, 5.74) is 2.88. The van der Waals surface area contributed by atoms with Crippen molar-refractivity contribution in [1.29, 1.82) is 0 Å². The zero-order valence-corrected chi connectivity index (χ0v) is 19.8.